The number of rotatable bonds is 7. The largest absolute Gasteiger partial charge is 0.350 e. The van der Waals surface area contributed by atoms with Crippen LogP contribution in [0.1, 0.15) is 28.7 Å². The molecule has 2 atom stereocenters. The number of hydrogen-bond donors (Lipinski definition) is 2. The summed E-state index contributed by atoms with van der Waals surface area (Å²) in [5.41, 5.74) is 9.79. The van der Waals surface area contributed by atoms with Crippen molar-refractivity contribution in [2.45, 2.75) is 44.4 Å². The zero-order valence-electron chi connectivity index (χ0n) is 18.4. The molecule has 0 unspecified atom stereocenters. The number of carbonyl (C=O) groups excluding carboxylic acids is 2. The van der Waals surface area contributed by atoms with Gasteiger partial charge in [-0.15, -0.1) is 0 Å². The number of nitrogens with zero attached hydrogens (tertiary/aromatic N) is 1. The zero-order valence-corrected chi connectivity index (χ0v) is 18.4. The summed E-state index contributed by atoms with van der Waals surface area (Å²) in [6.07, 6.45) is 0.748. The number of nitrogens with one attached hydrogen (secondary N) is 1. The molecule has 0 saturated carbocycles. The Hall–Kier alpha value is -3.51. The fourth-order valence-electron chi connectivity index (χ4n) is 4.28. The van der Waals surface area contributed by atoms with E-state index < -0.39 is 12.1 Å². The van der Waals surface area contributed by atoms with E-state index in [1.54, 1.807) is 23.1 Å². The number of nitrogens with two attached hydrogens (primary N) is 1. The van der Waals surface area contributed by atoms with Crippen LogP contribution in [0.15, 0.2) is 78.9 Å². The lowest BCUT2D eigenvalue weighted by Gasteiger charge is -2.36. The van der Waals surface area contributed by atoms with Gasteiger partial charge in [0.2, 0.25) is 11.8 Å². The van der Waals surface area contributed by atoms with Crippen molar-refractivity contribution in [2.75, 3.05) is 0 Å². The Labute approximate surface area is 193 Å². The van der Waals surface area contributed by atoms with E-state index in [4.69, 9.17) is 5.73 Å². The molecule has 3 aromatic rings. The molecule has 6 heteroatoms. The average molecular weight is 446 g/mol. The average Bonchev–Trinajstić information content (AvgIpc) is 2.83. The molecule has 0 saturated heterocycles. The summed E-state index contributed by atoms with van der Waals surface area (Å²) in [4.78, 5) is 28.0. The first-order valence-corrected chi connectivity index (χ1v) is 11.2. The van der Waals surface area contributed by atoms with Crippen LogP contribution < -0.4 is 11.1 Å². The predicted octanol–water partition coefficient (Wildman–Crippen LogP) is 3.36. The molecule has 2 amide bonds. The van der Waals surface area contributed by atoms with Gasteiger partial charge in [-0.2, -0.15) is 0 Å². The molecule has 0 fully saturated rings. The highest BCUT2D eigenvalue weighted by atomic mass is 19.1. The quantitative estimate of drug-likeness (QED) is 0.586. The number of halogens is 1. The standard InChI is InChI=1S/C27H28FN3O2/c28-24-13-7-6-11-21(24)14-23(29)16-26(32)31-18-22-12-5-4-10-20(22)15-25(31)27(33)30-17-19-8-2-1-3-9-19/h1-13,23,25H,14-18,29H2,(H,30,33)/t23-,25+/m1/s1. The van der Waals surface area contributed by atoms with E-state index >= 15 is 0 Å². The highest BCUT2D eigenvalue weighted by Gasteiger charge is 2.34. The number of benzene rings is 3. The summed E-state index contributed by atoms with van der Waals surface area (Å²) >= 11 is 0. The third kappa shape index (κ3) is 5.65. The van der Waals surface area contributed by atoms with Gasteiger partial charge in [-0.05, 0) is 34.7 Å². The maximum atomic E-state index is 14.0. The minimum atomic E-state index is -0.614. The smallest absolute Gasteiger partial charge is 0.243 e. The van der Waals surface area contributed by atoms with Crippen LogP contribution in [0, 0.1) is 5.82 Å². The van der Waals surface area contributed by atoms with Crippen LogP contribution in [0.4, 0.5) is 4.39 Å². The van der Waals surface area contributed by atoms with E-state index in [9.17, 15) is 14.0 Å². The Balaban J connectivity index is 1.47. The number of hydrogen-bond acceptors (Lipinski definition) is 3. The third-order valence-electron chi connectivity index (χ3n) is 6.06. The zero-order chi connectivity index (χ0) is 23.2. The van der Waals surface area contributed by atoms with Crippen LogP contribution in [0.3, 0.4) is 0 Å². The predicted molar refractivity (Wildman–Crippen MR) is 125 cm³/mol. The molecule has 170 valence electrons. The molecule has 0 aromatic heterocycles. The molecule has 3 aromatic carbocycles. The Bertz CT molecular complexity index is 1120. The molecule has 33 heavy (non-hydrogen) atoms. The third-order valence-corrected chi connectivity index (χ3v) is 6.06. The molecule has 1 aliphatic heterocycles. The molecule has 0 bridgehead atoms. The van der Waals surface area contributed by atoms with Crippen LogP contribution >= 0.6 is 0 Å². The van der Waals surface area contributed by atoms with Gasteiger partial charge in [0.25, 0.3) is 0 Å². The first-order chi connectivity index (χ1) is 16.0. The molecule has 4 rings (SSSR count). The number of carbonyl (C=O) groups is 2. The van der Waals surface area contributed by atoms with Gasteiger partial charge in [0.05, 0.1) is 0 Å². The Kier molecular flexibility index (Phi) is 7.15. The molecule has 0 radical (unpaired) electrons. The van der Waals surface area contributed by atoms with Gasteiger partial charge in [-0.1, -0.05) is 72.8 Å². The summed E-state index contributed by atoms with van der Waals surface area (Å²) in [7, 11) is 0. The van der Waals surface area contributed by atoms with Crippen LogP contribution in [0.2, 0.25) is 0 Å². The van der Waals surface area contributed by atoms with Gasteiger partial charge < -0.3 is 16.0 Å². The van der Waals surface area contributed by atoms with Crippen molar-refractivity contribution < 1.29 is 14.0 Å². The van der Waals surface area contributed by atoms with Crippen LogP contribution in [-0.4, -0.2) is 28.8 Å². The van der Waals surface area contributed by atoms with E-state index in [0.717, 1.165) is 16.7 Å². The van der Waals surface area contributed by atoms with Crippen molar-refractivity contribution in [3.8, 4) is 0 Å². The SMILES string of the molecule is N[C@@H](CC(=O)N1Cc2ccccc2C[C@H]1C(=O)NCc1ccccc1)Cc1ccccc1F. The lowest BCUT2D eigenvalue weighted by molar-refractivity contribution is -0.142. The molecule has 5 nitrogen and oxygen atoms in total. The number of amides is 2. The molecular formula is C27H28FN3O2. The topological polar surface area (TPSA) is 75.4 Å². The second-order valence-electron chi connectivity index (χ2n) is 8.47. The maximum absolute atomic E-state index is 14.0. The van der Waals surface area contributed by atoms with Crippen molar-refractivity contribution >= 4 is 11.8 Å². The summed E-state index contributed by atoms with van der Waals surface area (Å²) in [5, 5.41) is 2.97. The van der Waals surface area contributed by atoms with E-state index in [2.05, 4.69) is 5.32 Å². The highest BCUT2D eigenvalue weighted by Crippen LogP contribution is 2.25. The highest BCUT2D eigenvalue weighted by molar-refractivity contribution is 5.88. The van der Waals surface area contributed by atoms with Gasteiger partial charge in [0.15, 0.2) is 0 Å². The van der Waals surface area contributed by atoms with Gasteiger partial charge in [-0.25, -0.2) is 4.39 Å². The molecule has 0 aliphatic carbocycles. The molecule has 1 heterocycles. The molecular weight excluding hydrogens is 417 g/mol. The van der Waals surface area contributed by atoms with Crippen molar-refractivity contribution in [3.05, 3.63) is 107 Å². The van der Waals surface area contributed by atoms with E-state index in [0.29, 0.717) is 25.1 Å². The lowest BCUT2D eigenvalue weighted by atomic mass is 9.92. The fourth-order valence-corrected chi connectivity index (χ4v) is 4.28. The maximum Gasteiger partial charge on any atom is 0.243 e. The van der Waals surface area contributed by atoms with Gasteiger partial charge >= 0.3 is 0 Å². The van der Waals surface area contributed by atoms with Crippen molar-refractivity contribution in [1.82, 2.24) is 10.2 Å². The van der Waals surface area contributed by atoms with Gasteiger partial charge in [0, 0.05) is 32.0 Å². The lowest BCUT2D eigenvalue weighted by Crippen LogP contribution is -2.53. The normalized spacial score (nSPS) is 16.1. The van der Waals surface area contributed by atoms with Crippen molar-refractivity contribution in [3.63, 3.8) is 0 Å². The van der Waals surface area contributed by atoms with Gasteiger partial charge in [0.1, 0.15) is 11.9 Å². The minimum absolute atomic E-state index is 0.0406. The Morgan fingerprint density at radius 1 is 0.970 bits per heavy atom. The van der Waals surface area contributed by atoms with Gasteiger partial charge in [-0.3, -0.25) is 9.59 Å². The summed E-state index contributed by atoms with van der Waals surface area (Å²) in [5.74, 6) is -0.719. The van der Waals surface area contributed by atoms with E-state index in [1.165, 1.54) is 6.07 Å². The molecule has 3 N–H and O–H groups in total. The van der Waals surface area contributed by atoms with Crippen LogP contribution in [-0.2, 0) is 35.5 Å². The monoisotopic (exact) mass is 445 g/mol. The first kappa shape index (κ1) is 22.7. The van der Waals surface area contributed by atoms with E-state index in [1.807, 2.05) is 54.6 Å². The van der Waals surface area contributed by atoms with Crippen LogP contribution in [0.25, 0.3) is 0 Å². The van der Waals surface area contributed by atoms with Crippen LogP contribution in [0.5, 0.6) is 0 Å². The second-order valence-corrected chi connectivity index (χ2v) is 8.47. The Morgan fingerprint density at radius 2 is 1.64 bits per heavy atom. The molecule has 1 aliphatic rings. The second kappa shape index (κ2) is 10.4. The molecule has 0 spiro atoms. The minimum Gasteiger partial charge on any atom is -0.350 e. The van der Waals surface area contributed by atoms with E-state index in [-0.39, 0.29) is 30.5 Å². The summed E-state index contributed by atoms with van der Waals surface area (Å²) in [6.45, 7) is 0.748. The fraction of sp³-hybridized carbons (Fsp3) is 0.259. The summed E-state index contributed by atoms with van der Waals surface area (Å²) < 4.78 is 14.0. The number of fused-ring (bicyclic) bond motifs is 1. The Morgan fingerprint density at radius 3 is 2.39 bits per heavy atom. The van der Waals surface area contributed by atoms with Crippen molar-refractivity contribution in [2.24, 2.45) is 5.73 Å². The summed E-state index contributed by atoms with van der Waals surface area (Å²) in [6, 6.07) is 22.8. The van der Waals surface area contributed by atoms with Crippen molar-refractivity contribution in [1.29, 1.82) is 0 Å². The first-order valence-electron chi connectivity index (χ1n) is 11.2.